The van der Waals surface area contributed by atoms with Crippen molar-refractivity contribution in [3.05, 3.63) is 59.7 Å². The Labute approximate surface area is 168 Å². The van der Waals surface area contributed by atoms with Crippen molar-refractivity contribution < 1.29 is 23.8 Å². The highest BCUT2D eigenvalue weighted by molar-refractivity contribution is 6.30. The maximum Gasteiger partial charge on any atom is 0.177 e. The van der Waals surface area contributed by atoms with Crippen molar-refractivity contribution in [2.75, 3.05) is 38.2 Å². The van der Waals surface area contributed by atoms with Crippen LogP contribution in [0, 0.1) is 0 Å². The maximum atomic E-state index is 11.4. The Morgan fingerprint density at radius 2 is 1.00 bits per heavy atom. The summed E-state index contributed by atoms with van der Waals surface area (Å²) in [4.78, 5) is 22.8. The van der Waals surface area contributed by atoms with E-state index in [1.54, 1.807) is 48.5 Å². The van der Waals surface area contributed by atoms with Gasteiger partial charge in [0.1, 0.15) is 24.7 Å². The predicted molar refractivity (Wildman–Crippen MR) is 105 cm³/mol. The number of carbonyl (C=O) groups is 2. The molecule has 0 aliphatic carbocycles. The molecule has 2 aromatic rings. The molecule has 0 aliphatic heterocycles. The van der Waals surface area contributed by atoms with Gasteiger partial charge >= 0.3 is 0 Å². The SMILES string of the molecule is O=C(CCl)c1ccc(OCCOCCOc2ccc(C(=O)CCl)cc2)cc1. The fourth-order valence-corrected chi connectivity index (χ4v) is 2.48. The van der Waals surface area contributed by atoms with Crippen LogP contribution < -0.4 is 9.47 Å². The number of halogens is 2. The Kier molecular flexibility index (Phi) is 9.11. The molecule has 0 radical (unpaired) electrons. The van der Waals surface area contributed by atoms with Gasteiger partial charge in [0, 0.05) is 11.1 Å². The van der Waals surface area contributed by atoms with Gasteiger partial charge in [0.05, 0.1) is 25.0 Å². The Morgan fingerprint density at radius 1 is 0.630 bits per heavy atom. The molecule has 0 saturated heterocycles. The second kappa shape index (κ2) is 11.6. The van der Waals surface area contributed by atoms with E-state index in [0.717, 1.165) is 0 Å². The van der Waals surface area contributed by atoms with Gasteiger partial charge in [-0.15, -0.1) is 23.2 Å². The number of ether oxygens (including phenoxy) is 3. The van der Waals surface area contributed by atoms with E-state index in [2.05, 4.69) is 0 Å². The fourth-order valence-electron chi connectivity index (χ4n) is 2.17. The topological polar surface area (TPSA) is 61.8 Å². The fraction of sp³-hybridized carbons (Fsp3) is 0.300. The van der Waals surface area contributed by atoms with Gasteiger partial charge in [0.25, 0.3) is 0 Å². The lowest BCUT2D eigenvalue weighted by molar-refractivity contribution is 0.0764. The first-order valence-corrected chi connectivity index (χ1v) is 9.42. The molecule has 0 amide bonds. The van der Waals surface area contributed by atoms with Crippen LogP contribution in [0.2, 0.25) is 0 Å². The Balaban J connectivity index is 1.58. The van der Waals surface area contributed by atoms with Crippen LogP contribution in [0.5, 0.6) is 11.5 Å². The summed E-state index contributed by atoms with van der Waals surface area (Å²) < 4.78 is 16.5. The molecule has 2 aromatic carbocycles. The number of carbonyl (C=O) groups excluding carboxylic acids is 2. The standard InChI is InChI=1S/C20H20Cl2O5/c21-13-19(23)15-1-5-17(6-2-15)26-11-9-25-10-12-27-18-7-3-16(4-8-18)20(24)14-22/h1-8H,9-14H2. The Hall–Kier alpha value is -2.08. The molecule has 0 heterocycles. The lowest BCUT2D eigenvalue weighted by Gasteiger charge is -2.09. The molecule has 7 heteroatoms. The average molecular weight is 411 g/mol. The van der Waals surface area contributed by atoms with Gasteiger partial charge in [0.15, 0.2) is 11.6 Å². The van der Waals surface area contributed by atoms with Crippen molar-refractivity contribution in [2.24, 2.45) is 0 Å². The molecule has 5 nitrogen and oxygen atoms in total. The molecule has 0 saturated carbocycles. The summed E-state index contributed by atoms with van der Waals surface area (Å²) in [6.07, 6.45) is 0. The van der Waals surface area contributed by atoms with Crippen LogP contribution >= 0.6 is 23.2 Å². The normalized spacial score (nSPS) is 10.4. The van der Waals surface area contributed by atoms with E-state index in [1.807, 2.05) is 0 Å². The molecular weight excluding hydrogens is 391 g/mol. The van der Waals surface area contributed by atoms with E-state index in [1.165, 1.54) is 0 Å². The first-order chi connectivity index (χ1) is 13.1. The van der Waals surface area contributed by atoms with Gasteiger partial charge in [0.2, 0.25) is 0 Å². The average Bonchev–Trinajstić information content (AvgIpc) is 2.72. The van der Waals surface area contributed by atoms with Crippen molar-refractivity contribution in [3.8, 4) is 11.5 Å². The molecule has 0 unspecified atom stereocenters. The minimum atomic E-state index is -0.119. The third kappa shape index (κ3) is 7.21. The maximum absolute atomic E-state index is 11.4. The minimum absolute atomic E-state index is 0.0359. The molecule has 27 heavy (non-hydrogen) atoms. The van der Waals surface area contributed by atoms with Crippen LogP contribution in [-0.4, -0.2) is 49.8 Å². The molecule has 0 aliphatic rings. The molecule has 0 atom stereocenters. The summed E-state index contributed by atoms with van der Waals surface area (Å²) >= 11 is 11.0. The van der Waals surface area contributed by atoms with Crippen LogP contribution in [0.15, 0.2) is 48.5 Å². The molecule has 0 fully saturated rings. The third-order valence-corrected chi connectivity index (χ3v) is 4.07. The van der Waals surface area contributed by atoms with Gasteiger partial charge in [-0.1, -0.05) is 0 Å². The summed E-state index contributed by atoms with van der Waals surface area (Å²) in [5.41, 5.74) is 1.12. The van der Waals surface area contributed by atoms with E-state index in [-0.39, 0.29) is 23.3 Å². The summed E-state index contributed by atoms with van der Waals surface area (Å²) in [6, 6.07) is 13.6. The highest BCUT2D eigenvalue weighted by atomic mass is 35.5. The van der Waals surface area contributed by atoms with Crippen LogP contribution in [0.1, 0.15) is 20.7 Å². The largest absolute Gasteiger partial charge is 0.491 e. The van der Waals surface area contributed by atoms with E-state index < -0.39 is 0 Å². The number of hydrogen-bond acceptors (Lipinski definition) is 5. The van der Waals surface area contributed by atoms with E-state index in [0.29, 0.717) is 49.1 Å². The van der Waals surface area contributed by atoms with Crippen molar-refractivity contribution in [3.63, 3.8) is 0 Å². The van der Waals surface area contributed by atoms with Gasteiger partial charge in [-0.25, -0.2) is 0 Å². The molecule has 144 valence electrons. The smallest absolute Gasteiger partial charge is 0.177 e. The number of hydrogen-bond donors (Lipinski definition) is 0. The lowest BCUT2D eigenvalue weighted by Crippen LogP contribution is -2.12. The molecule has 0 spiro atoms. The number of ketones is 2. The Bertz CT molecular complexity index is 666. The number of Topliss-reactive ketones (excluding diaryl/α,β-unsaturated/α-hetero) is 2. The van der Waals surface area contributed by atoms with Gasteiger partial charge < -0.3 is 14.2 Å². The first kappa shape index (κ1) is 21.2. The number of benzene rings is 2. The van der Waals surface area contributed by atoms with Crippen molar-refractivity contribution >= 4 is 34.8 Å². The molecule has 2 rings (SSSR count). The Morgan fingerprint density at radius 3 is 1.33 bits per heavy atom. The summed E-state index contributed by atoms with van der Waals surface area (Å²) in [6.45, 7) is 1.60. The zero-order chi connectivity index (χ0) is 19.5. The first-order valence-electron chi connectivity index (χ1n) is 8.36. The highest BCUT2D eigenvalue weighted by Gasteiger charge is 2.05. The van der Waals surface area contributed by atoms with Crippen LogP contribution in [0.3, 0.4) is 0 Å². The molecule has 0 N–H and O–H groups in total. The quantitative estimate of drug-likeness (QED) is 0.300. The zero-order valence-corrected chi connectivity index (χ0v) is 16.2. The molecular formula is C20H20Cl2O5. The van der Waals surface area contributed by atoms with Gasteiger partial charge in [-0.05, 0) is 48.5 Å². The van der Waals surface area contributed by atoms with E-state index in [9.17, 15) is 9.59 Å². The van der Waals surface area contributed by atoms with Crippen LogP contribution in [-0.2, 0) is 4.74 Å². The summed E-state index contributed by atoms with van der Waals surface area (Å²) in [7, 11) is 0. The second-order valence-electron chi connectivity index (χ2n) is 5.47. The minimum Gasteiger partial charge on any atom is -0.491 e. The van der Waals surface area contributed by atoms with Crippen LogP contribution in [0.25, 0.3) is 0 Å². The van der Waals surface area contributed by atoms with Crippen molar-refractivity contribution in [1.82, 2.24) is 0 Å². The van der Waals surface area contributed by atoms with E-state index >= 15 is 0 Å². The van der Waals surface area contributed by atoms with E-state index in [4.69, 9.17) is 37.4 Å². The van der Waals surface area contributed by atoms with Crippen molar-refractivity contribution in [2.45, 2.75) is 0 Å². The molecule has 0 bridgehead atoms. The monoisotopic (exact) mass is 410 g/mol. The number of alkyl halides is 2. The van der Waals surface area contributed by atoms with Crippen LogP contribution in [0.4, 0.5) is 0 Å². The molecule has 0 aromatic heterocycles. The summed E-state index contributed by atoms with van der Waals surface area (Å²) in [5.74, 6) is 1.01. The summed E-state index contributed by atoms with van der Waals surface area (Å²) in [5, 5.41) is 0. The second-order valence-corrected chi connectivity index (χ2v) is 6.01. The number of rotatable bonds is 12. The van der Waals surface area contributed by atoms with Gasteiger partial charge in [-0.2, -0.15) is 0 Å². The lowest BCUT2D eigenvalue weighted by atomic mass is 10.1. The third-order valence-electron chi connectivity index (χ3n) is 3.59. The predicted octanol–water partition coefficient (Wildman–Crippen LogP) is 4.00. The zero-order valence-electron chi connectivity index (χ0n) is 14.7. The van der Waals surface area contributed by atoms with Crippen molar-refractivity contribution in [1.29, 1.82) is 0 Å². The highest BCUT2D eigenvalue weighted by Crippen LogP contribution is 2.14. The van der Waals surface area contributed by atoms with Gasteiger partial charge in [-0.3, -0.25) is 9.59 Å².